The van der Waals surface area contributed by atoms with Crippen LogP contribution in [0.1, 0.15) is 11.1 Å². The number of hydrogen-bond acceptors (Lipinski definition) is 5. The summed E-state index contributed by atoms with van der Waals surface area (Å²) in [5, 5.41) is 3.41. The quantitative estimate of drug-likeness (QED) is 0.889. The molecule has 1 heterocycles. The van der Waals surface area contributed by atoms with Crippen LogP contribution in [0, 0.1) is 0 Å². The normalized spacial score (nSPS) is 12.3. The van der Waals surface area contributed by atoms with E-state index >= 15 is 0 Å². The number of nitrogens with one attached hydrogen (secondary N) is 1. The fraction of sp³-hybridized carbons (Fsp3) is 0.294. The lowest BCUT2D eigenvalue weighted by Gasteiger charge is -2.09. The third-order valence-corrected chi connectivity index (χ3v) is 3.54. The molecule has 3 rings (SSSR count). The molecule has 0 saturated carbocycles. The van der Waals surface area contributed by atoms with Gasteiger partial charge < -0.3 is 24.3 Å². The maximum atomic E-state index is 5.43. The van der Waals surface area contributed by atoms with Crippen LogP contribution in [0.5, 0.6) is 23.0 Å². The Bertz CT molecular complexity index is 640. The molecule has 2 aromatic carbocycles. The van der Waals surface area contributed by atoms with Crippen LogP contribution in [0.3, 0.4) is 0 Å². The largest absolute Gasteiger partial charge is 0.497 e. The van der Waals surface area contributed by atoms with Gasteiger partial charge in [-0.1, -0.05) is 12.1 Å². The van der Waals surface area contributed by atoms with Crippen LogP contribution in [0.15, 0.2) is 36.4 Å². The molecule has 0 amide bonds. The van der Waals surface area contributed by atoms with E-state index in [1.165, 1.54) is 5.56 Å². The molecule has 22 heavy (non-hydrogen) atoms. The van der Waals surface area contributed by atoms with Gasteiger partial charge in [0.2, 0.25) is 12.5 Å². The molecule has 0 spiro atoms. The van der Waals surface area contributed by atoms with Gasteiger partial charge in [0.05, 0.1) is 14.2 Å². The molecule has 0 unspecified atom stereocenters. The first-order chi connectivity index (χ1) is 10.8. The minimum absolute atomic E-state index is 0.244. The molecule has 0 saturated heterocycles. The van der Waals surface area contributed by atoms with Crippen molar-refractivity contribution in [3.05, 3.63) is 47.5 Å². The van der Waals surface area contributed by atoms with Gasteiger partial charge in [0.25, 0.3) is 0 Å². The number of fused-ring (bicyclic) bond motifs is 1. The van der Waals surface area contributed by atoms with Gasteiger partial charge in [-0.05, 0) is 35.4 Å². The Balaban J connectivity index is 1.61. The Morgan fingerprint density at radius 1 is 0.955 bits per heavy atom. The van der Waals surface area contributed by atoms with Gasteiger partial charge in [-0.3, -0.25) is 0 Å². The van der Waals surface area contributed by atoms with Crippen molar-refractivity contribution in [2.75, 3.05) is 21.0 Å². The van der Waals surface area contributed by atoms with Crippen LogP contribution in [0.2, 0.25) is 0 Å². The van der Waals surface area contributed by atoms with Gasteiger partial charge >= 0.3 is 0 Å². The summed E-state index contributed by atoms with van der Waals surface area (Å²) < 4.78 is 21.3. The zero-order valence-corrected chi connectivity index (χ0v) is 12.7. The molecule has 1 aliphatic rings. The van der Waals surface area contributed by atoms with Crippen molar-refractivity contribution in [3.8, 4) is 23.0 Å². The molecular formula is C17H19NO4. The van der Waals surface area contributed by atoms with Crippen LogP contribution in [-0.2, 0) is 13.1 Å². The van der Waals surface area contributed by atoms with Gasteiger partial charge in [0.15, 0.2) is 11.5 Å². The zero-order chi connectivity index (χ0) is 15.4. The maximum absolute atomic E-state index is 5.43. The number of hydrogen-bond donors (Lipinski definition) is 1. The predicted octanol–water partition coefficient (Wildman–Crippen LogP) is 2.72. The summed E-state index contributed by atoms with van der Waals surface area (Å²) in [6.07, 6.45) is 0. The second kappa shape index (κ2) is 6.58. The lowest BCUT2D eigenvalue weighted by Crippen LogP contribution is -2.12. The molecule has 5 nitrogen and oxygen atoms in total. The van der Waals surface area contributed by atoms with E-state index in [2.05, 4.69) is 5.32 Å². The van der Waals surface area contributed by atoms with E-state index in [-0.39, 0.29) is 6.79 Å². The average Bonchev–Trinajstić information content (AvgIpc) is 3.03. The number of rotatable bonds is 6. The first-order valence-corrected chi connectivity index (χ1v) is 7.10. The number of methoxy groups -OCH3 is 2. The molecule has 2 aromatic rings. The molecule has 1 N–H and O–H groups in total. The van der Waals surface area contributed by atoms with Gasteiger partial charge in [-0.15, -0.1) is 0 Å². The molecule has 5 heteroatoms. The fourth-order valence-electron chi connectivity index (χ4n) is 2.38. The molecule has 116 valence electrons. The fourth-order valence-corrected chi connectivity index (χ4v) is 2.38. The van der Waals surface area contributed by atoms with Gasteiger partial charge in [-0.25, -0.2) is 0 Å². The van der Waals surface area contributed by atoms with Crippen molar-refractivity contribution in [2.24, 2.45) is 0 Å². The first kappa shape index (κ1) is 14.5. The van der Waals surface area contributed by atoms with E-state index in [0.717, 1.165) is 30.2 Å². The van der Waals surface area contributed by atoms with Crippen molar-refractivity contribution in [1.29, 1.82) is 0 Å². The Labute approximate surface area is 129 Å². The van der Waals surface area contributed by atoms with Gasteiger partial charge in [0.1, 0.15) is 5.75 Å². The van der Waals surface area contributed by atoms with E-state index in [9.17, 15) is 0 Å². The van der Waals surface area contributed by atoms with Crippen molar-refractivity contribution in [3.63, 3.8) is 0 Å². The SMILES string of the molecule is COc1ccc(CNCc2cc(OC)c3c(c2)OCO3)cc1. The third-order valence-electron chi connectivity index (χ3n) is 3.54. The highest BCUT2D eigenvalue weighted by Gasteiger charge is 2.19. The average molecular weight is 301 g/mol. The highest BCUT2D eigenvalue weighted by Crippen LogP contribution is 2.41. The monoisotopic (exact) mass is 301 g/mol. The van der Waals surface area contributed by atoms with Crippen LogP contribution < -0.4 is 24.3 Å². The van der Waals surface area contributed by atoms with E-state index in [4.69, 9.17) is 18.9 Å². The summed E-state index contributed by atoms with van der Waals surface area (Å²) in [6.45, 7) is 1.74. The second-order valence-corrected chi connectivity index (χ2v) is 4.98. The van der Waals surface area contributed by atoms with Crippen molar-refractivity contribution < 1.29 is 18.9 Å². The molecular weight excluding hydrogens is 282 g/mol. The maximum Gasteiger partial charge on any atom is 0.231 e. The highest BCUT2D eigenvalue weighted by atomic mass is 16.7. The van der Waals surface area contributed by atoms with E-state index in [1.807, 2.05) is 36.4 Å². The minimum atomic E-state index is 0.244. The molecule has 0 fully saturated rings. The standard InChI is InChI=1S/C17H19NO4/c1-19-14-5-3-12(4-6-14)9-18-10-13-7-15(20-2)17-16(8-13)21-11-22-17/h3-8,18H,9-11H2,1-2H3. The molecule has 1 aliphatic heterocycles. The number of benzene rings is 2. The van der Waals surface area contributed by atoms with Crippen LogP contribution >= 0.6 is 0 Å². The predicted molar refractivity (Wildman–Crippen MR) is 82.7 cm³/mol. The highest BCUT2D eigenvalue weighted by molar-refractivity contribution is 5.55. The van der Waals surface area contributed by atoms with Crippen molar-refractivity contribution in [1.82, 2.24) is 5.32 Å². The van der Waals surface area contributed by atoms with Crippen LogP contribution in [0.25, 0.3) is 0 Å². The van der Waals surface area contributed by atoms with Crippen molar-refractivity contribution >= 4 is 0 Å². The third kappa shape index (κ3) is 3.09. The summed E-state index contributed by atoms with van der Waals surface area (Å²) >= 11 is 0. The lowest BCUT2D eigenvalue weighted by molar-refractivity contribution is 0.171. The summed E-state index contributed by atoms with van der Waals surface area (Å²) in [5.74, 6) is 2.99. The van der Waals surface area contributed by atoms with Gasteiger partial charge in [0, 0.05) is 13.1 Å². The zero-order valence-electron chi connectivity index (χ0n) is 12.7. The lowest BCUT2D eigenvalue weighted by atomic mass is 10.1. The van der Waals surface area contributed by atoms with E-state index < -0.39 is 0 Å². The molecule has 0 aliphatic carbocycles. The summed E-state index contributed by atoms with van der Waals surface area (Å²) in [6, 6.07) is 12.0. The first-order valence-electron chi connectivity index (χ1n) is 7.10. The minimum Gasteiger partial charge on any atom is -0.497 e. The Kier molecular flexibility index (Phi) is 4.34. The second-order valence-electron chi connectivity index (χ2n) is 4.98. The van der Waals surface area contributed by atoms with Crippen molar-refractivity contribution in [2.45, 2.75) is 13.1 Å². The molecule has 0 atom stereocenters. The van der Waals surface area contributed by atoms with E-state index in [1.54, 1.807) is 14.2 Å². The molecule has 0 aromatic heterocycles. The molecule has 0 radical (unpaired) electrons. The van der Waals surface area contributed by atoms with Crippen LogP contribution in [0.4, 0.5) is 0 Å². The van der Waals surface area contributed by atoms with Crippen LogP contribution in [-0.4, -0.2) is 21.0 Å². The summed E-state index contributed by atoms with van der Waals surface area (Å²) in [5.41, 5.74) is 2.29. The smallest absolute Gasteiger partial charge is 0.231 e. The number of ether oxygens (including phenoxy) is 4. The topological polar surface area (TPSA) is 49.0 Å². The van der Waals surface area contributed by atoms with Gasteiger partial charge in [-0.2, -0.15) is 0 Å². The molecule has 0 bridgehead atoms. The summed E-state index contributed by atoms with van der Waals surface area (Å²) in [7, 11) is 3.30. The Morgan fingerprint density at radius 3 is 2.45 bits per heavy atom. The van der Waals surface area contributed by atoms with E-state index in [0.29, 0.717) is 11.5 Å². The Morgan fingerprint density at radius 2 is 1.73 bits per heavy atom. The summed E-state index contributed by atoms with van der Waals surface area (Å²) in [4.78, 5) is 0. The Hall–Kier alpha value is -2.40.